The Morgan fingerprint density at radius 1 is 1.53 bits per heavy atom. The second-order valence-corrected chi connectivity index (χ2v) is 6.33. The highest BCUT2D eigenvalue weighted by Gasteiger charge is 2.17. The highest BCUT2D eigenvalue weighted by atomic mass is 32.2. The monoisotopic (exact) mass is 254 g/mol. The van der Waals surface area contributed by atoms with E-state index in [1.807, 2.05) is 30.4 Å². The summed E-state index contributed by atoms with van der Waals surface area (Å²) in [5.41, 5.74) is 2.15. The van der Waals surface area contributed by atoms with Gasteiger partial charge < -0.3 is 5.11 Å². The molecule has 96 valence electrons. The van der Waals surface area contributed by atoms with Gasteiger partial charge in [0, 0.05) is 30.2 Å². The number of hydrogen-bond donors (Lipinski definition) is 1. The molecule has 0 radical (unpaired) electrons. The molecule has 1 heterocycles. The average Bonchev–Trinajstić information content (AvgIpc) is 2.87. The first kappa shape index (κ1) is 13.0. The Hall–Kier alpha value is -0.480. The number of nitrogens with zero attached hydrogens (tertiary/aromatic N) is 2. The fourth-order valence-corrected chi connectivity index (χ4v) is 3.74. The number of aryl methyl sites for hydroxylation is 2. The van der Waals surface area contributed by atoms with Gasteiger partial charge in [-0.25, -0.2) is 0 Å². The highest BCUT2D eigenvalue weighted by Crippen LogP contribution is 2.29. The second kappa shape index (κ2) is 5.91. The molecule has 2 rings (SSSR count). The van der Waals surface area contributed by atoms with Crippen LogP contribution < -0.4 is 0 Å². The summed E-state index contributed by atoms with van der Waals surface area (Å²) in [6.07, 6.45) is 5.89. The topological polar surface area (TPSA) is 38.0 Å². The summed E-state index contributed by atoms with van der Waals surface area (Å²) in [6.45, 7) is 1.99. The molecule has 0 amide bonds. The van der Waals surface area contributed by atoms with Crippen molar-refractivity contribution in [2.45, 2.75) is 50.4 Å². The van der Waals surface area contributed by atoms with Crippen molar-refractivity contribution in [2.24, 2.45) is 7.05 Å². The molecule has 1 aromatic rings. The molecule has 4 heteroatoms. The van der Waals surface area contributed by atoms with Crippen LogP contribution in [0.25, 0.3) is 0 Å². The summed E-state index contributed by atoms with van der Waals surface area (Å²) < 4.78 is 1.87. The molecule has 1 saturated carbocycles. The summed E-state index contributed by atoms with van der Waals surface area (Å²) in [5.74, 6) is 0.856. The first-order chi connectivity index (χ1) is 8.15. The second-order valence-electron chi connectivity index (χ2n) is 5.00. The summed E-state index contributed by atoms with van der Waals surface area (Å²) in [4.78, 5) is 0. The zero-order valence-corrected chi connectivity index (χ0v) is 11.5. The molecule has 0 bridgehead atoms. The smallest absolute Gasteiger partial charge is 0.0685 e. The van der Waals surface area contributed by atoms with Crippen molar-refractivity contribution in [3.05, 3.63) is 17.5 Å². The normalized spacial score (nSPS) is 18.8. The number of hydrogen-bond acceptors (Lipinski definition) is 3. The lowest BCUT2D eigenvalue weighted by Gasteiger charge is -2.13. The maximum Gasteiger partial charge on any atom is 0.0685 e. The van der Waals surface area contributed by atoms with E-state index < -0.39 is 0 Å². The number of aromatic nitrogens is 2. The number of rotatable bonds is 5. The van der Waals surface area contributed by atoms with E-state index in [0.29, 0.717) is 0 Å². The van der Waals surface area contributed by atoms with Crippen LogP contribution in [0.15, 0.2) is 6.07 Å². The first-order valence-corrected chi connectivity index (χ1v) is 7.49. The third kappa shape index (κ3) is 3.75. The summed E-state index contributed by atoms with van der Waals surface area (Å²) in [6, 6.07) is 2.06. The maximum absolute atomic E-state index is 10.0. The predicted molar refractivity (Wildman–Crippen MR) is 72.4 cm³/mol. The molecule has 0 aliphatic heterocycles. The van der Waals surface area contributed by atoms with Crippen LogP contribution in [0, 0.1) is 6.92 Å². The Balaban J connectivity index is 1.76. The van der Waals surface area contributed by atoms with E-state index in [4.69, 9.17) is 0 Å². The largest absolute Gasteiger partial charge is 0.392 e. The molecule has 1 aliphatic rings. The van der Waals surface area contributed by atoms with Gasteiger partial charge in [-0.05, 0) is 25.8 Å². The van der Waals surface area contributed by atoms with Gasteiger partial charge in [-0.1, -0.05) is 12.8 Å². The van der Waals surface area contributed by atoms with E-state index in [1.165, 1.54) is 25.7 Å². The number of thioether (sulfide) groups is 1. The lowest BCUT2D eigenvalue weighted by Crippen LogP contribution is -2.17. The highest BCUT2D eigenvalue weighted by molar-refractivity contribution is 7.99. The van der Waals surface area contributed by atoms with Crippen LogP contribution in [-0.2, 0) is 13.5 Å². The molecule has 0 aromatic carbocycles. The van der Waals surface area contributed by atoms with Gasteiger partial charge in [-0.3, -0.25) is 4.68 Å². The molecule has 1 N–H and O–H groups in total. The summed E-state index contributed by atoms with van der Waals surface area (Å²) in [5, 5.41) is 15.1. The van der Waals surface area contributed by atoms with Crippen LogP contribution in [-0.4, -0.2) is 32.0 Å². The van der Waals surface area contributed by atoms with Crippen molar-refractivity contribution in [1.29, 1.82) is 0 Å². The molecule has 0 spiro atoms. The maximum atomic E-state index is 10.0. The Bertz CT molecular complexity index is 358. The number of aliphatic hydroxyl groups excluding tert-OH is 1. The van der Waals surface area contributed by atoms with Gasteiger partial charge in [0.15, 0.2) is 0 Å². The average molecular weight is 254 g/mol. The van der Waals surface area contributed by atoms with Crippen LogP contribution in [0.4, 0.5) is 0 Å². The quantitative estimate of drug-likeness (QED) is 0.876. The molecule has 1 aromatic heterocycles. The van der Waals surface area contributed by atoms with Crippen LogP contribution in [0.2, 0.25) is 0 Å². The van der Waals surface area contributed by atoms with E-state index in [-0.39, 0.29) is 6.10 Å². The molecule has 1 unspecified atom stereocenters. The lowest BCUT2D eigenvalue weighted by molar-refractivity contribution is 0.197. The lowest BCUT2D eigenvalue weighted by atomic mass is 10.2. The zero-order valence-electron chi connectivity index (χ0n) is 10.7. The molecule has 17 heavy (non-hydrogen) atoms. The van der Waals surface area contributed by atoms with Gasteiger partial charge >= 0.3 is 0 Å². The van der Waals surface area contributed by atoms with Crippen LogP contribution in [0.1, 0.15) is 37.1 Å². The van der Waals surface area contributed by atoms with Gasteiger partial charge in [-0.2, -0.15) is 16.9 Å². The van der Waals surface area contributed by atoms with Gasteiger partial charge in [0.05, 0.1) is 11.8 Å². The Kier molecular flexibility index (Phi) is 4.51. The summed E-state index contributed by atoms with van der Waals surface area (Å²) >= 11 is 1.94. The van der Waals surface area contributed by atoms with Gasteiger partial charge in [0.25, 0.3) is 0 Å². The third-order valence-electron chi connectivity index (χ3n) is 3.37. The molecule has 1 atom stereocenters. The number of aliphatic hydroxyl groups is 1. The minimum Gasteiger partial charge on any atom is -0.392 e. The standard InChI is InChI=1S/C13H22N2OS/c1-10-7-11(15(2)14-10)8-12(16)9-17-13-5-3-4-6-13/h7,12-13,16H,3-6,8-9H2,1-2H3. The molecule has 1 fully saturated rings. The van der Waals surface area contributed by atoms with Crippen molar-refractivity contribution in [2.75, 3.05) is 5.75 Å². The first-order valence-electron chi connectivity index (χ1n) is 6.44. The Labute approximate surface area is 108 Å². The van der Waals surface area contributed by atoms with E-state index in [2.05, 4.69) is 11.2 Å². The minimum atomic E-state index is -0.240. The van der Waals surface area contributed by atoms with Crippen LogP contribution >= 0.6 is 11.8 Å². The fourth-order valence-electron chi connectivity index (χ4n) is 2.46. The third-order valence-corrected chi connectivity index (χ3v) is 4.89. The van der Waals surface area contributed by atoms with E-state index in [9.17, 15) is 5.11 Å². The van der Waals surface area contributed by atoms with Crippen LogP contribution in [0.5, 0.6) is 0 Å². The minimum absolute atomic E-state index is 0.240. The summed E-state index contributed by atoms with van der Waals surface area (Å²) in [7, 11) is 1.94. The predicted octanol–water partition coefficient (Wildman–Crippen LogP) is 2.31. The van der Waals surface area contributed by atoms with E-state index in [0.717, 1.165) is 28.8 Å². The Morgan fingerprint density at radius 2 is 2.24 bits per heavy atom. The Morgan fingerprint density at radius 3 is 2.82 bits per heavy atom. The van der Waals surface area contributed by atoms with Crippen molar-refractivity contribution < 1.29 is 5.11 Å². The molecule has 3 nitrogen and oxygen atoms in total. The van der Waals surface area contributed by atoms with Gasteiger partial charge in [0.1, 0.15) is 0 Å². The van der Waals surface area contributed by atoms with E-state index in [1.54, 1.807) is 0 Å². The molecular formula is C13H22N2OS. The SMILES string of the molecule is Cc1cc(CC(O)CSC2CCCC2)n(C)n1. The van der Waals surface area contributed by atoms with Gasteiger partial charge in [-0.15, -0.1) is 0 Å². The van der Waals surface area contributed by atoms with E-state index >= 15 is 0 Å². The molecular weight excluding hydrogens is 232 g/mol. The molecule has 1 aliphatic carbocycles. The van der Waals surface area contributed by atoms with Crippen molar-refractivity contribution in [3.8, 4) is 0 Å². The van der Waals surface area contributed by atoms with Crippen molar-refractivity contribution in [3.63, 3.8) is 0 Å². The van der Waals surface area contributed by atoms with Crippen molar-refractivity contribution >= 4 is 11.8 Å². The van der Waals surface area contributed by atoms with Crippen LogP contribution in [0.3, 0.4) is 0 Å². The zero-order chi connectivity index (χ0) is 12.3. The fraction of sp³-hybridized carbons (Fsp3) is 0.769. The van der Waals surface area contributed by atoms with Gasteiger partial charge in [0.2, 0.25) is 0 Å². The molecule has 0 saturated heterocycles. The van der Waals surface area contributed by atoms with Crippen molar-refractivity contribution in [1.82, 2.24) is 9.78 Å².